The number of sulfonamides is 1. The van der Waals surface area contributed by atoms with Gasteiger partial charge in [-0.1, -0.05) is 18.2 Å². The molecule has 28 heavy (non-hydrogen) atoms. The molecule has 0 saturated carbocycles. The molecule has 0 aliphatic carbocycles. The lowest BCUT2D eigenvalue weighted by atomic mass is 10.1. The molecule has 0 spiro atoms. The van der Waals surface area contributed by atoms with Gasteiger partial charge >= 0.3 is 0 Å². The molecular formula is C18H20N4O5S. The van der Waals surface area contributed by atoms with Gasteiger partial charge in [-0.15, -0.1) is 0 Å². The van der Waals surface area contributed by atoms with Crippen LogP contribution in [0.25, 0.3) is 0 Å². The van der Waals surface area contributed by atoms with Gasteiger partial charge < -0.3 is 10.2 Å². The molecule has 0 radical (unpaired) electrons. The van der Waals surface area contributed by atoms with Crippen molar-refractivity contribution in [2.45, 2.75) is 0 Å². The average Bonchev–Trinajstić information content (AvgIpc) is 2.68. The van der Waals surface area contributed by atoms with Crippen LogP contribution in [-0.4, -0.2) is 56.0 Å². The molecule has 2 aromatic rings. The van der Waals surface area contributed by atoms with Crippen molar-refractivity contribution in [1.82, 2.24) is 4.31 Å². The molecule has 0 aromatic heterocycles. The van der Waals surface area contributed by atoms with E-state index >= 15 is 0 Å². The van der Waals surface area contributed by atoms with Gasteiger partial charge in [0.15, 0.2) is 0 Å². The number of benzene rings is 2. The summed E-state index contributed by atoms with van der Waals surface area (Å²) in [6.45, 7) is 1.73. The number of nitro groups is 1. The second kappa shape index (κ2) is 7.95. The van der Waals surface area contributed by atoms with Crippen LogP contribution in [-0.2, 0) is 10.0 Å². The number of para-hydroxylation sites is 2. The van der Waals surface area contributed by atoms with Gasteiger partial charge in [0.05, 0.1) is 22.6 Å². The summed E-state index contributed by atoms with van der Waals surface area (Å²) in [6.07, 6.45) is 1.19. The smallest absolute Gasteiger partial charge is 0.270 e. The van der Waals surface area contributed by atoms with E-state index in [-0.39, 0.29) is 11.3 Å². The Labute approximate surface area is 162 Å². The zero-order valence-corrected chi connectivity index (χ0v) is 16.1. The summed E-state index contributed by atoms with van der Waals surface area (Å²) < 4.78 is 24.8. The minimum Gasteiger partial charge on any atom is -0.367 e. The molecule has 1 fully saturated rings. The summed E-state index contributed by atoms with van der Waals surface area (Å²) >= 11 is 0. The predicted molar refractivity (Wildman–Crippen MR) is 106 cm³/mol. The highest BCUT2D eigenvalue weighted by Gasteiger charge is 2.25. The first kappa shape index (κ1) is 19.8. The van der Waals surface area contributed by atoms with E-state index in [2.05, 4.69) is 5.32 Å². The molecule has 1 saturated heterocycles. The molecular weight excluding hydrogens is 384 g/mol. The third-order valence-electron chi connectivity index (χ3n) is 4.52. The van der Waals surface area contributed by atoms with Crippen LogP contribution in [0.15, 0.2) is 48.5 Å². The standard InChI is InChI=1S/C18H20N4O5S/c1-28(26,27)21-11-9-20(10-12-21)17-8-3-2-7-16(17)19-18(23)14-5-4-6-15(13-14)22(24)25/h2-8,13H,9-12H2,1H3,(H,19,23). The molecule has 148 valence electrons. The van der Waals surface area contributed by atoms with Crippen LogP contribution < -0.4 is 10.2 Å². The van der Waals surface area contributed by atoms with Crippen molar-refractivity contribution >= 4 is 33.0 Å². The van der Waals surface area contributed by atoms with Gasteiger partial charge in [-0.25, -0.2) is 8.42 Å². The van der Waals surface area contributed by atoms with Crippen molar-refractivity contribution in [3.8, 4) is 0 Å². The lowest BCUT2D eigenvalue weighted by Crippen LogP contribution is -2.48. The molecule has 10 heteroatoms. The first-order chi connectivity index (χ1) is 13.3. The number of rotatable bonds is 5. The van der Waals surface area contributed by atoms with Gasteiger partial charge in [-0.3, -0.25) is 14.9 Å². The Morgan fingerprint density at radius 3 is 2.39 bits per heavy atom. The van der Waals surface area contributed by atoms with Crippen molar-refractivity contribution in [2.75, 3.05) is 42.7 Å². The average molecular weight is 404 g/mol. The van der Waals surface area contributed by atoms with E-state index in [1.165, 1.54) is 34.8 Å². The van der Waals surface area contributed by atoms with Gasteiger partial charge in [0.25, 0.3) is 11.6 Å². The van der Waals surface area contributed by atoms with Gasteiger partial charge in [-0.05, 0) is 18.2 Å². The molecule has 1 heterocycles. The van der Waals surface area contributed by atoms with Crippen molar-refractivity contribution in [3.05, 3.63) is 64.2 Å². The summed E-state index contributed by atoms with van der Waals surface area (Å²) in [7, 11) is -3.23. The van der Waals surface area contributed by atoms with Crippen LogP contribution in [0, 0.1) is 10.1 Å². The number of non-ortho nitro benzene ring substituents is 1. The number of anilines is 2. The summed E-state index contributed by atoms with van der Waals surface area (Å²) in [6, 6.07) is 12.7. The van der Waals surface area contributed by atoms with Gasteiger partial charge in [0.1, 0.15) is 0 Å². The molecule has 2 aromatic carbocycles. The van der Waals surface area contributed by atoms with E-state index in [1.54, 1.807) is 12.1 Å². The van der Waals surface area contributed by atoms with Crippen molar-refractivity contribution < 1.29 is 18.1 Å². The van der Waals surface area contributed by atoms with Crippen LogP contribution in [0.2, 0.25) is 0 Å². The van der Waals surface area contributed by atoms with Crippen LogP contribution >= 0.6 is 0 Å². The maximum Gasteiger partial charge on any atom is 0.270 e. The lowest BCUT2D eigenvalue weighted by molar-refractivity contribution is -0.384. The number of carbonyl (C=O) groups is 1. The minimum atomic E-state index is -3.23. The number of nitro benzene ring substituents is 1. The molecule has 1 N–H and O–H groups in total. The van der Waals surface area contributed by atoms with Crippen LogP contribution in [0.5, 0.6) is 0 Å². The summed E-state index contributed by atoms with van der Waals surface area (Å²) in [5.74, 6) is -0.453. The first-order valence-corrected chi connectivity index (χ1v) is 10.5. The van der Waals surface area contributed by atoms with Gasteiger partial charge in [0, 0.05) is 43.9 Å². The SMILES string of the molecule is CS(=O)(=O)N1CCN(c2ccccc2NC(=O)c2cccc([N+](=O)[O-])c2)CC1. The maximum absolute atomic E-state index is 12.6. The monoisotopic (exact) mass is 404 g/mol. The third-order valence-corrected chi connectivity index (χ3v) is 5.82. The van der Waals surface area contributed by atoms with Crippen LogP contribution in [0.1, 0.15) is 10.4 Å². The molecule has 3 rings (SSSR count). The Balaban J connectivity index is 1.77. The largest absolute Gasteiger partial charge is 0.367 e. The van der Waals surface area contributed by atoms with Crippen molar-refractivity contribution in [1.29, 1.82) is 0 Å². The highest BCUT2D eigenvalue weighted by atomic mass is 32.2. The Morgan fingerprint density at radius 2 is 1.75 bits per heavy atom. The maximum atomic E-state index is 12.6. The second-order valence-electron chi connectivity index (χ2n) is 6.43. The normalized spacial score (nSPS) is 15.2. The summed E-state index contributed by atoms with van der Waals surface area (Å²) in [5, 5.41) is 13.7. The number of piperazine rings is 1. The Kier molecular flexibility index (Phi) is 5.61. The molecule has 1 aliphatic rings. The van der Waals surface area contributed by atoms with Gasteiger partial charge in [-0.2, -0.15) is 4.31 Å². The molecule has 0 bridgehead atoms. The fourth-order valence-corrected chi connectivity index (χ4v) is 3.90. The number of nitrogens with one attached hydrogen (secondary N) is 1. The van der Waals surface area contributed by atoms with Gasteiger partial charge in [0.2, 0.25) is 10.0 Å². The van der Waals surface area contributed by atoms with Crippen LogP contribution in [0.4, 0.5) is 17.1 Å². The third kappa shape index (κ3) is 4.46. The minimum absolute atomic E-state index is 0.155. The fourth-order valence-electron chi connectivity index (χ4n) is 3.07. The second-order valence-corrected chi connectivity index (χ2v) is 8.41. The number of hydrogen-bond acceptors (Lipinski definition) is 6. The van der Waals surface area contributed by atoms with E-state index in [0.717, 1.165) is 5.69 Å². The number of nitrogens with zero attached hydrogens (tertiary/aromatic N) is 3. The highest BCUT2D eigenvalue weighted by Crippen LogP contribution is 2.27. The van der Waals surface area contributed by atoms with Crippen LogP contribution in [0.3, 0.4) is 0 Å². The number of hydrogen-bond donors (Lipinski definition) is 1. The van der Waals surface area contributed by atoms with E-state index in [1.807, 2.05) is 17.0 Å². The fraction of sp³-hybridized carbons (Fsp3) is 0.278. The molecule has 0 unspecified atom stereocenters. The molecule has 0 atom stereocenters. The van der Waals surface area contributed by atoms with Crippen molar-refractivity contribution in [2.24, 2.45) is 0 Å². The van der Waals surface area contributed by atoms with Crippen molar-refractivity contribution in [3.63, 3.8) is 0 Å². The Bertz CT molecular complexity index is 1000. The van der Waals surface area contributed by atoms with E-state index in [4.69, 9.17) is 0 Å². The summed E-state index contributed by atoms with van der Waals surface area (Å²) in [4.78, 5) is 24.9. The number of amides is 1. The predicted octanol–water partition coefficient (Wildman–Crippen LogP) is 1.93. The lowest BCUT2D eigenvalue weighted by Gasteiger charge is -2.35. The zero-order valence-electron chi connectivity index (χ0n) is 15.2. The Morgan fingerprint density at radius 1 is 1.07 bits per heavy atom. The van der Waals surface area contributed by atoms with E-state index in [9.17, 15) is 23.3 Å². The molecule has 1 aliphatic heterocycles. The highest BCUT2D eigenvalue weighted by molar-refractivity contribution is 7.88. The van der Waals surface area contributed by atoms with E-state index < -0.39 is 20.9 Å². The zero-order chi connectivity index (χ0) is 20.3. The molecule has 1 amide bonds. The number of carbonyl (C=O) groups excluding carboxylic acids is 1. The van der Waals surface area contributed by atoms with E-state index in [0.29, 0.717) is 31.9 Å². The Hall–Kier alpha value is -2.98. The quantitative estimate of drug-likeness (QED) is 0.602. The first-order valence-electron chi connectivity index (χ1n) is 8.60. The summed E-state index contributed by atoms with van der Waals surface area (Å²) in [5.41, 5.74) is 1.37. The topological polar surface area (TPSA) is 113 Å². The molecule has 9 nitrogen and oxygen atoms in total.